The van der Waals surface area contributed by atoms with Gasteiger partial charge in [0.2, 0.25) is 5.91 Å². The van der Waals surface area contributed by atoms with E-state index in [1.807, 2.05) is 0 Å². The zero-order valence-electron chi connectivity index (χ0n) is 9.59. The molecule has 2 fully saturated rings. The third-order valence-electron chi connectivity index (χ3n) is 3.68. The summed E-state index contributed by atoms with van der Waals surface area (Å²) in [5.74, 6) is -1.23. The number of likely N-dealkylation sites (tertiary alicyclic amines) is 1. The maximum atomic E-state index is 12.5. The van der Waals surface area contributed by atoms with Crippen LogP contribution in [0.15, 0.2) is 0 Å². The Hall–Kier alpha value is -0.780. The van der Waals surface area contributed by atoms with Crippen LogP contribution in [0.25, 0.3) is 0 Å². The van der Waals surface area contributed by atoms with E-state index >= 15 is 0 Å². The smallest absolute Gasteiger partial charge is 0.342 e. The fraction of sp³-hybridized carbons (Fsp3) is 0.909. The highest BCUT2D eigenvalue weighted by Crippen LogP contribution is 2.34. The molecule has 2 heterocycles. The molecule has 6 heteroatoms. The van der Waals surface area contributed by atoms with Crippen LogP contribution in [0.1, 0.15) is 19.3 Å². The van der Waals surface area contributed by atoms with E-state index in [1.165, 1.54) is 0 Å². The molecular weight excluding hydrogens is 233 g/mol. The first-order valence-corrected chi connectivity index (χ1v) is 6.04. The minimum Gasteiger partial charge on any atom is -0.342 e. The molecule has 0 saturated carbocycles. The van der Waals surface area contributed by atoms with Gasteiger partial charge in [0.15, 0.2) is 0 Å². The highest BCUT2D eigenvalue weighted by Gasteiger charge is 2.42. The summed E-state index contributed by atoms with van der Waals surface area (Å²) < 4.78 is 37.4. The van der Waals surface area contributed by atoms with Crippen LogP contribution in [0.5, 0.6) is 0 Å². The van der Waals surface area contributed by atoms with Crippen molar-refractivity contribution in [2.75, 3.05) is 26.2 Å². The maximum Gasteiger partial charge on any atom is 0.391 e. The molecule has 1 amide bonds. The fourth-order valence-electron chi connectivity index (χ4n) is 2.55. The van der Waals surface area contributed by atoms with Gasteiger partial charge in [-0.1, -0.05) is 0 Å². The summed E-state index contributed by atoms with van der Waals surface area (Å²) in [5.41, 5.74) is 0. The van der Waals surface area contributed by atoms with E-state index in [1.54, 1.807) is 4.90 Å². The highest BCUT2D eigenvalue weighted by molar-refractivity contribution is 5.79. The molecule has 0 aromatic carbocycles. The van der Waals surface area contributed by atoms with Gasteiger partial charge in [0.1, 0.15) is 0 Å². The molecule has 1 atom stereocenters. The van der Waals surface area contributed by atoms with Gasteiger partial charge in [-0.2, -0.15) is 13.2 Å². The van der Waals surface area contributed by atoms with E-state index in [0.717, 1.165) is 13.0 Å². The van der Waals surface area contributed by atoms with E-state index in [0.29, 0.717) is 6.54 Å². The quantitative estimate of drug-likeness (QED) is 0.763. The van der Waals surface area contributed by atoms with Gasteiger partial charge in [-0.15, -0.1) is 0 Å². The summed E-state index contributed by atoms with van der Waals surface area (Å²) >= 11 is 0. The Balaban J connectivity index is 1.84. The first-order valence-electron chi connectivity index (χ1n) is 6.04. The number of hydrogen-bond acceptors (Lipinski definition) is 2. The minimum atomic E-state index is -4.11. The molecule has 2 rings (SSSR count). The van der Waals surface area contributed by atoms with Gasteiger partial charge < -0.3 is 10.2 Å². The Bertz CT molecular complexity index is 279. The lowest BCUT2D eigenvalue weighted by Crippen LogP contribution is -2.44. The van der Waals surface area contributed by atoms with Gasteiger partial charge in [0.05, 0.1) is 11.8 Å². The molecule has 2 aliphatic heterocycles. The SMILES string of the molecule is O=C([C@@H]1CCNC1)N1CCC(C(F)(F)F)CC1. The van der Waals surface area contributed by atoms with Crippen LogP contribution in [-0.2, 0) is 4.79 Å². The highest BCUT2D eigenvalue weighted by atomic mass is 19.4. The summed E-state index contributed by atoms with van der Waals surface area (Å²) in [6, 6.07) is 0. The van der Waals surface area contributed by atoms with Crippen LogP contribution in [0.3, 0.4) is 0 Å². The molecule has 17 heavy (non-hydrogen) atoms. The summed E-state index contributed by atoms with van der Waals surface area (Å²) in [7, 11) is 0. The number of hydrogen-bond donors (Lipinski definition) is 1. The molecule has 2 aliphatic rings. The zero-order chi connectivity index (χ0) is 12.5. The molecule has 0 aromatic heterocycles. The first-order chi connectivity index (χ1) is 7.98. The van der Waals surface area contributed by atoms with Crippen molar-refractivity contribution < 1.29 is 18.0 Å². The van der Waals surface area contributed by atoms with Crippen molar-refractivity contribution in [3.05, 3.63) is 0 Å². The number of alkyl halides is 3. The molecule has 0 bridgehead atoms. The zero-order valence-corrected chi connectivity index (χ0v) is 9.59. The Morgan fingerprint density at radius 1 is 1.18 bits per heavy atom. The fourth-order valence-corrected chi connectivity index (χ4v) is 2.55. The summed E-state index contributed by atoms with van der Waals surface area (Å²) in [6.45, 7) is 1.99. The number of amides is 1. The van der Waals surface area contributed by atoms with Crippen LogP contribution < -0.4 is 5.32 Å². The Kier molecular flexibility index (Phi) is 3.61. The lowest BCUT2D eigenvalue weighted by molar-refractivity contribution is -0.186. The van der Waals surface area contributed by atoms with Gasteiger partial charge in [0, 0.05) is 19.6 Å². The molecule has 2 saturated heterocycles. The predicted molar refractivity (Wildman–Crippen MR) is 56.3 cm³/mol. The topological polar surface area (TPSA) is 32.3 Å². The second-order valence-electron chi connectivity index (χ2n) is 4.83. The van der Waals surface area contributed by atoms with Gasteiger partial charge in [-0.25, -0.2) is 0 Å². The van der Waals surface area contributed by atoms with Crippen LogP contribution in [0.4, 0.5) is 13.2 Å². The first kappa shape index (κ1) is 12.7. The van der Waals surface area contributed by atoms with E-state index < -0.39 is 12.1 Å². The van der Waals surface area contributed by atoms with Crippen LogP contribution in [0.2, 0.25) is 0 Å². The van der Waals surface area contributed by atoms with E-state index in [2.05, 4.69) is 5.32 Å². The number of piperidine rings is 1. The normalized spacial score (nSPS) is 27.5. The van der Waals surface area contributed by atoms with Crippen molar-refractivity contribution in [1.29, 1.82) is 0 Å². The summed E-state index contributed by atoms with van der Waals surface area (Å²) in [6.07, 6.45) is -3.20. The third kappa shape index (κ3) is 2.91. The number of nitrogens with zero attached hydrogens (tertiary/aromatic N) is 1. The van der Waals surface area contributed by atoms with Crippen molar-refractivity contribution >= 4 is 5.91 Å². The molecule has 0 unspecified atom stereocenters. The Labute approximate surface area is 98.3 Å². The second-order valence-corrected chi connectivity index (χ2v) is 4.83. The lowest BCUT2D eigenvalue weighted by atomic mass is 9.95. The number of carbonyl (C=O) groups excluding carboxylic acids is 1. The minimum absolute atomic E-state index is 0.0237. The van der Waals surface area contributed by atoms with Crippen LogP contribution in [0, 0.1) is 11.8 Å². The number of rotatable bonds is 1. The third-order valence-corrected chi connectivity index (χ3v) is 3.68. The van der Waals surface area contributed by atoms with Crippen molar-refractivity contribution in [2.45, 2.75) is 25.4 Å². The maximum absolute atomic E-state index is 12.5. The average molecular weight is 250 g/mol. The van der Waals surface area contributed by atoms with E-state index in [4.69, 9.17) is 0 Å². The molecule has 1 N–H and O–H groups in total. The molecule has 0 radical (unpaired) electrons. The molecule has 0 aromatic rings. The Morgan fingerprint density at radius 3 is 2.29 bits per heavy atom. The average Bonchev–Trinajstić information content (AvgIpc) is 2.80. The van der Waals surface area contributed by atoms with Crippen molar-refractivity contribution in [3.8, 4) is 0 Å². The van der Waals surface area contributed by atoms with Crippen LogP contribution >= 0.6 is 0 Å². The largest absolute Gasteiger partial charge is 0.391 e. The number of carbonyl (C=O) groups is 1. The Morgan fingerprint density at radius 2 is 1.82 bits per heavy atom. The summed E-state index contributed by atoms with van der Waals surface area (Å²) in [4.78, 5) is 13.6. The van der Waals surface area contributed by atoms with Crippen LogP contribution in [-0.4, -0.2) is 43.2 Å². The van der Waals surface area contributed by atoms with E-state index in [9.17, 15) is 18.0 Å². The van der Waals surface area contributed by atoms with Gasteiger partial charge >= 0.3 is 6.18 Å². The van der Waals surface area contributed by atoms with Gasteiger partial charge in [-0.3, -0.25) is 4.79 Å². The monoisotopic (exact) mass is 250 g/mol. The second kappa shape index (κ2) is 4.84. The molecule has 3 nitrogen and oxygen atoms in total. The van der Waals surface area contributed by atoms with Gasteiger partial charge in [0.25, 0.3) is 0 Å². The molecule has 0 spiro atoms. The van der Waals surface area contributed by atoms with E-state index in [-0.39, 0.29) is 37.8 Å². The molecule has 0 aliphatic carbocycles. The van der Waals surface area contributed by atoms with Crippen molar-refractivity contribution in [1.82, 2.24) is 10.2 Å². The summed E-state index contributed by atoms with van der Waals surface area (Å²) in [5, 5.41) is 3.10. The van der Waals surface area contributed by atoms with Gasteiger partial charge in [-0.05, 0) is 25.8 Å². The number of nitrogens with one attached hydrogen (secondary N) is 1. The number of halogens is 3. The van der Waals surface area contributed by atoms with Crippen molar-refractivity contribution in [2.24, 2.45) is 11.8 Å². The molecule has 98 valence electrons. The lowest BCUT2D eigenvalue weighted by Gasteiger charge is -2.34. The van der Waals surface area contributed by atoms with Crippen molar-refractivity contribution in [3.63, 3.8) is 0 Å². The standard InChI is InChI=1S/C11H17F3N2O/c12-11(13,14)9-2-5-16(6-3-9)10(17)8-1-4-15-7-8/h8-9,15H,1-7H2/t8-/m1/s1. The molecular formula is C11H17F3N2O. The predicted octanol–water partition coefficient (Wildman–Crippen LogP) is 1.40.